The Morgan fingerprint density at radius 3 is 1.12 bits per heavy atom. The largest absolute Gasteiger partial charge is 0.309 e. The zero-order chi connectivity index (χ0) is 48.6. The van der Waals surface area contributed by atoms with Gasteiger partial charge in [-0.05, 0) is 140 Å². The molecule has 1 nitrogen and oxygen atoms in total. The van der Waals surface area contributed by atoms with Crippen LogP contribution in [0.3, 0.4) is 0 Å². The van der Waals surface area contributed by atoms with E-state index in [9.17, 15) is 0 Å². The first-order chi connectivity index (χ1) is 30.2. The maximum Gasteiger partial charge on any atom is 0.0547 e. The summed E-state index contributed by atoms with van der Waals surface area (Å²) in [7, 11) is 0. The highest BCUT2D eigenvalue weighted by molar-refractivity contribution is 6.18. The fourth-order valence-electron chi connectivity index (χ4n) is 10.5. The molecule has 66 heavy (non-hydrogen) atoms. The van der Waals surface area contributed by atoms with Crippen LogP contribution in [0.5, 0.6) is 0 Å². The molecule has 0 unspecified atom stereocenters. The number of hydrogen-bond donors (Lipinski definition) is 0. The highest BCUT2D eigenvalue weighted by Gasteiger charge is 2.37. The van der Waals surface area contributed by atoms with Gasteiger partial charge in [-0.3, -0.25) is 0 Å². The monoisotopic (exact) mass is 876 g/mol. The number of nitrogens with zero attached hydrogens (tertiary/aromatic N) is 1. The van der Waals surface area contributed by atoms with Crippen LogP contribution in [0.25, 0.3) is 49.7 Å². The van der Waals surface area contributed by atoms with Crippen molar-refractivity contribution in [1.29, 1.82) is 0 Å². The Balaban J connectivity index is 1.57. The predicted octanol–water partition coefficient (Wildman–Crippen LogP) is 18.7. The summed E-state index contributed by atoms with van der Waals surface area (Å²) in [5.41, 5.74) is 22.8. The van der Waals surface area contributed by atoms with Crippen molar-refractivity contribution in [3.63, 3.8) is 0 Å². The molecule has 0 N–H and O–H groups in total. The SMILES string of the molecule is CC(C)(C)c1cc(-c2cccc3c2c2c(C(C)(C)C)c(C4c5ccc(C(C)(C)C)cc5-c5cc(C(C)(C)C)ccc54)ccc2n3-c2cc(C(C)(C)C)cc(C(C)(C)C)c2)cc(C(C)(C)C)c1. The second kappa shape index (κ2) is 15.3. The lowest BCUT2D eigenvalue weighted by molar-refractivity contribution is 0.567. The summed E-state index contributed by atoms with van der Waals surface area (Å²) < 4.78 is 2.62. The molecule has 1 aliphatic rings. The number of hydrogen-bond acceptors (Lipinski definition) is 0. The molecule has 1 aromatic heterocycles. The highest BCUT2D eigenvalue weighted by atomic mass is 15.0. The summed E-state index contributed by atoms with van der Waals surface area (Å²) in [5, 5.41) is 2.71. The Hall–Kier alpha value is -4.88. The van der Waals surface area contributed by atoms with Crippen molar-refractivity contribution in [2.45, 2.75) is 189 Å². The summed E-state index contributed by atoms with van der Waals surface area (Å²) in [6.45, 7) is 49.7. The van der Waals surface area contributed by atoms with E-state index in [4.69, 9.17) is 0 Å². The van der Waals surface area contributed by atoms with Gasteiger partial charge in [-0.15, -0.1) is 0 Å². The number of aromatic nitrogens is 1. The Bertz CT molecular complexity index is 2910. The van der Waals surface area contributed by atoms with Crippen LogP contribution >= 0.6 is 0 Å². The molecule has 1 heteroatoms. The molecule has 0 fully saturated rings. The molecular formula is C65H81N. The Kier molecular flexibility index (Phi) is 11.0. The minimum Gasteiger partial charge on any atom is -0.309 e. The summed E-state index contributed by atoms with van der Waals surface area (Å²) in [5.74, 6) is 0.0932. The first-order valence-electron chi connectivity index (χ1n) is 24.9. The lowest BCUT2D eigenvalue weighted by Gasteiger charge is -2.29. The first-order valence-corrected chi connectivity index (χ1v) is 24.9. The van der Waals surface area contributed by atoms with E-state index in [1.165, 1.54) is 105 Å². The lowest BCUT2D eigenvalue weighted by Crippen LogP contribution is -2.18. The van der Waals surface area contributed by atoms with Crippen LogP contribution in [-0.2, 0) is 37.9 Å². The molecule has 0 radical (unpaired) electrons. The summed E-state index contributed by atoms with van der Waals surface area (Å²) in [6, 6.07) is 41.8. The van der Waals surface area contributed by atoms with Crippen molar-refractivity contribution >= 4 is 21.8 Å². The summed E-state index contributed by atoms with van der Waals surface area (Å²) in [4.78, 5) is 0. The van der Waals surface area contributed by atoms with Gasteiger partial charge in [-0.25, -0.2) is 0 Å². The molecule has 0 bridgehead atoms. The molecule has 1 heterocycles. The van der Waals surface area contributed by atoms with E-state index in [2.05, 4.69) is 253 Å². The average molecular weight is 876 g/mol. The first kappa shape index (κ1) is 47.6. The van der Waals surface area contributed by atoms with Gasteiger partial charge >= 0.3 is 0 Å². The molecule has 1 aliphatic carbocycles. The van der Waals surface area contributed by atoms with E-state index in [1.54, 1.807) is 0 Å². The maximum atomic E-state index is 2.62. The van der Waals surface area contributed by atoms with Crippen LogP contribution in [0.4, 0.5) is 0 Å². The van der Waals surface area contributed by atoms with Gasteiger partial charge in [0.15, 0.2) is 0 Å². The predicted molar refractivity (Wildman–Crippen MR) is 290 cm³/mol. The van der Waals surface area contributed by atoms with Crippen LogP contribution in [0.15, 0.2) is 103 Å². The van der Waals surface area contributed by atoms with Gasteiger partial charge in [0.2, 0.25) is 0 Å². The van der Waals surface area contributed by atoms with Crippen LogP contribution in [0, 0.1) is 0 Å². The van der Waals surface area contributed by atoms with E-state index in [0.717, 1.165) is 0 Å². The normalized spacial score (nSPS) is 14.4. The third-order valence-corrected chi connectivity index (χ3v) is 14.7. The molecule has 0 saturated carbocycles. The second-order valence-corrected chi connectivity index (χ2v) is 27.3. The molecule has 0 atom stereocenters. The van der Waals surface area contributed by atoms with Crippen LogP contribution < -0.4 is 0 Å². The smallest absolute Gasteiger partial charge is 0.0547 e. The fraction of sp³-hybridized carbons (Fsp3) is 0.446. The molecule has 0 aliphatic heterocycles. The maximum absolute atomic E-state index is 2.62. The van der Waals surface area contributed by atoms with Crippen LogP contribution in [0.2, 0.25) is 0 Å². The molecule has 8 rings (SSSR count). The van der Waals surface area contributed by atoms with Gasteiger partial charge in [0, 0.05) is 22.4 Å². The van der Waals surface area contributed by atoms with Crippen LogP contribution in [0.1, 0.15) is 207 Å². The van der Waals surface area contributed by atoms with Crippen molar-refractivity contribution in [3.8, 4) is 27.9 Å². The quantitative estimate of drug-likeness (QED) is 0.167. The third kappa shape index (κ3) is 8.41. The second-order valence-electron chi connectivity index (χ2n) is 27.3. The van der Waals surface area contributed by atoms with Crippen molar-refractivity contribution < 1.29 is 0 Å². The van der Waals surface area contributed by atoms with Gasteiger partial charge in [-0.2, -0.15) is 0 Å². The minimum atomic E-state index is -0.200. The number of benzene rings is 6. The Morgan fingerprint density at radius 1 is 0.318 bits per heavy atom. The van der Waals surface area contributed by atoms with Gasteiger partial charge < -0.3 is 4.57 Å². The van der Waals surface area contributed by atoms with Crippen molar-refractivity contribution in [1.82, 2.24) is 4.57 Å². The van der Waals surface area contributed by atoms with E-state index in [0.29, 0.717) is 0 Å². The molecule has 0 amide bonds. The Labute approximate surface area is 400 Å². The topological polar surface area (TPSA) is 4.93 Å². The molecule has 7 aromatic rings. The highest BCUT2D eigenvalue weighted by Crippen LogP contribution is 2.54. The molecular weight excluding hydrogens is 795 g/mol. The number of fused-ring (bicyclic) bond motifs is 6. The summed E-state index contributed by atoms with van der Waals surface area (Å²) in [6.07, 6.45) is 0. The molecule has 0 saturated heterocycles. The molecule has 0 spiro atoms. The lowest BCUT2D eigenvalue weighted by atomic mass is 9.74. The number of rotatable bonds is 3. The standard InChI is InChI=1S/C65H81N/c1-59(2,3)40-25-27-48-51(37-40)52-38-41(60(4,5)6)26-28-49(52)55(48)50-29-30-54-57(58(50)65(19,20)21)56-47(39-31-42(61(7,8)9)33-43(32-39)62(10,11)12)23-22-24-53(56)66(54)46-35-44(63(13,14)15)34-45(36-46)64(16,17)18/h22-38,55H,1-21H3. The summed E-state index contributed by atoms with van der Waals surface area (Å²) >= 11 is 0. The Morgan fingerprint density at radius 2 is 0.712 bits per heavy atom. The molecule has 6 aromatic carbocycles. The minimum absolute atomic E-state index is 0.0125. The van der Waals surface area contributed by atoms with Crippen LogP contribution in [-0.4, -0.2) is 4.57 Å². The van der Waals surface area contributed by atoms with Gasteiger partial charge in [-0.1, -0.05) is 224 Å². The zero-order valence-electron chi connectivity index (χ0n) is 44.8. The van der Waals surface area contributed by atoms with Gasteiger partial charge in [0.25, 0.3) is 0 Å². The van der Waals surface area contributed by atoms with E-state index >= 15 is 0 Å². The third-order valence-electron chi connectivity index (χ3n) is 14.7. The van der Waals surface area contributed by atoms with E-state index in [-0.39, 0.29) is 43.8 Å². The molecule has 346 valence electrons. The van der Waals surface area contributed by atoms with Crippen molar-refractivity contribution in [2.24, 2.45) is 0 Å². The van der Waals surface area contributed by atoms with E-state index in [1.807, 2.05) is 0 Å². The zero-order valence-corrected chi connectivity index (χ0v) is 44.8. The van der Waals surface area contributed by atoms with Gasteiger partial charge in [0.1, 0.15) is 0 Å². The van der Waals surface area contributed by atoms with Crippen molar-refractivity contribution in [2.75, 3.05) is 0 Å². The van der Waals surface area contributed by atoms with E-state index < -0.39 is 0 Å². The van der Waals surface area contributed by atoms with Gasteiger partial charge in [0.05, 0.1) is 11.0 Å². The average Bonchev–Trinajstić information content (AvgIpc) is 3.70. The van der Waals surface area contributed by atoms with Crippen molar-refractivity contribution in [3.05, 3.63) is 159 Å². The fourth-order valence-corrected chi connectivity index (χ4v) is 10.5.